The van der Waals surface area contributed by atoms with Gasteiger partial charge >= 0.3 is 0 Å². The molecule has 1 amide bonds. The Labute approximate surface area is 195 Å². The molecule has 0 aliphatic heterocycles. The zero-order valence-electron chi connectivity index (χ0n) is 18.6. The van der Waals surface area contributed by atoms with Crippen molar-refractivity contribution >= 4 is 17.1 Å². The molecule has 2 aromatic carbocycles. The minimum atomic E-state index is -0.292. The van der Waals surface area contributed by atoms with Crippen LogP contribution in [0.15, 0.2) is 67.0 Å². The van der Waals surface area contributed by atoms with Crippen LogP contribution in [0.4, 0.5) is 4.39 Å². The number of hydrogen-bond acceptors (Lipinski definition) is 5. The summed E-state index contributed by atoms with van der Waals surface area (Å²) in [5.41, 5.74) is 3.88. The summed E-state index contributed by atoms with van der Waals surface area (Å²) in [5.74, 6) is 1.09. The Kier molecular flexibility index (Phi) is 5.90. The number of para-hydroxylation sites is 1. The van der Waals surface area contributed by atoms with Crippen LogP contribution < -0.4 is 10.1 Å². The number of carbonyl (C=O) groups excluding carboxylic acids is 1. The third-order valence-corrected chi connectivity index (χ3v) is 5.55. The lowest BCUT2D eigenvalue weighted by Crippen LogP contribution is -2.23. The summed E-state index contributed by atoms with van der Waals surface area (Å²) in [6, 6.07) is 15.8. The van der Waals surface area contributed by atoms with Crippen molar-refractivity contribution in [2.45, 2.75) is 26.3 Å². The summed E-state index contributed by atoms with van der Waals surface area (Å²) in [4.78, 5) is 12.5. The standard InChI is InChI=1S/C25H23FN6O2/c1-2-34-22-6-4-3-5-18(22)16-27-24(33)12-11-23-28-29-25-21-15-20(17-7-9-19(26)10-8-17)30-32(21)14-13-31(23)25/h3-10,13-15H,2,11-12,16H2,1H3,(H,27,33). The minimum Gasteiger partial charge on any atom is -0.494 e. The molecule has 0 fully saturated rings. The van der Waals surface area contributed by atoms with Crippen molar-refractivity contribution in [1.82, 2.24) is 29.5 Å². The first-order valence-electron chi connectivity index (χ1n) is 11.1. The van der Waals surface area contributed by atoms with Crippen LogP contribution in [0, 0.1) is 5.82 Å². The Morgan fingerprint density at radius 2 is 1.91 bits per heavy atom. The molecule has 9 heteroatoms. The Morgan fingerprint density at radius 1 is 1.09 bits per heavy atom. The van der Waals surface area contributed by atoms with Crippen molar-refractivity contribution in [3.63, 3.8) is 0 Å². The third kappa shape index (κ3) is 4.32. The highest BCUT2D eigenvalue weighted by atomic mass is 19.1. The molecular weight excluding hydrogens is 435 g/mol. The number of aromatic nitrogens is 5. The van der Waals surface area contributed by atoms with Crippen LogP contribution in [-0.2, 0) is 17.8 Å². The first kappa shape index (κ1) is 21.6. The van der Waals surface area contributed by atoms with Crippen LogP contribution in [0.3, 0.4) is 0 Å². The van der Waals surface area contributed by atoms with Gasteiger partial charge in [0.2, 0.25) is 5.91 Å². The highest BCUT2D eigenvalue weighted by Crippen LogP contribution is 2.22. The number of carbonyl (C=O) groups is 1. The molecule has 3 heterocycles. The monoisotopic (exact) mass is 458 g/mol. The molecule has 0 unspecified atom stereocenters. The summed E-state index contributed by atoms with van der Waals surface area (Å²) in [6.07, 6.45) is 4.36. The molecule has 3 aromatic heterocycles. The maximum atomic E-state index is 13.2. The van der Waals surface area contributed by atoms with Crippen LogP contribution in [0.5, 0.6) is 5.75 Å². The number of ether oxygens (including phenoxy) is 1. The minimum absolute atomic E-state index is 0.0768. The number of fused-ring (bicyclic) bond motifs is 3. The second-order valence-electron chi connectivity index (χ2n) is 7.79. The van der Waals surface area contributed by atoms with E-state index in [0.29, 0.717) is 36.7 Å². The first-order valence-corrected chi connectivity index (χ1v) is 11.1. The summed E-state index contributed by atoms with van der Waals surface area (Å²) >= 11 is 0. The van der Waals surface area contributed by atoms with Crippen LogP contribution in [0.25, 0.3) is 22.4 Å². The lowest BCUT2D eigenvalue weighted by molar-refractivity contribution is -0.121. The van der Waals surface area contributed by atoms with E-state index in [9.17, 15) is 9.18 Å². The third-order valence-electron chi connectivity index (χ3n) is 5.55. The van der Waals surface area contributed by atoms with Gasteiger partial charge in [-0.3, -0.25) is 9.20 Å². The van der Waals surface area contributed by atoms with Gasteiger partial charge in [0.25, 0.3) is 0 Å². The second kappa shape index (κ2) is 9.30. The van der Waals surface area contributed by atoms with Crippen molar-refractivity contribution in [1.29, 1.82) is 0 Å². The molecule has 0 saturated heterocycles. The molecular formula is C25H23FN6O2. The molecule has 8 nitrogen and oxygen atoms in total. The largest absolute Gasteiger partial charge is 0.494 e. The number of halogens is 1. The van der Waals surface area contributed by atoms with Gasteiger partial charge in [0.1, 0.15) is 22.9 Å². The Hall–Kier alpha value is -4.27. The van der Waals surface area contributed by atoms with E-state index in [1.807, 2.05) is 54.0 Å². The van der Waals surface area contributed by atoms with Gasteiger partial charge in [0.15, 0.2) is 5.65 Å². The lowest BCUT2D eigenvalue weighted by atomic mass is 10.1. The zero-order chi connectivity index (χ0) is 23.5. The van der Waals surface area contributed by atoms with Crippen molar-refractivity contribution in [2.75, 3.05) is 6.61 Å². The number of nitrogens with zero attached hydrogens (tertiary/aromatic N) is 5. The molecule has 0 atom stereocenters. The molecule has 0 bridgehead atoms. The quantitative estimate of drug-likeness (QED) is 0.382. The van der Waals surface area contributed by atoms with Crippen molar-refractivity contribution < 1.29 is 13.9 Å². The average Bonchev–Trinajstić information content (AvgIpc) is 3.47. The SMILES string of the molecule is CCOc1ccccc1CNC(=O)CCc1nnc2c3cc(-c4ccc(F)cc4)nn3ccn12. The number of amides is 1. The second-order valence-corrected chi connectivity index (χ2v) is 7.79. The summed E-state index contributed by atoms with van der Waals surface area (Å²) in [5, 5.41) is 16.1. The molecule has 1 N–H and O–H groups in total. The maximum absolute atomic E-state index is 13.2. The number of hydrogen-bond donors (Lipinski definition) is 1. The first-order chi connectivity index (χ1) is 16.6. The smallest absolute Gasteiger partial charge is 0.220 e. The summed E-state index contributed by atoms with van der Waals surface area (Å²) in [7, 11) is 0. The number of rotatable bonds is 8. The normalized spacial score (nSPS) is 11.2. The van der Waals surface area contributed by atoms with Gasteiger partial charge in [-0.05, 0) is 43.3 Å². The van der Waals surface area contributed by atoms with Crippen LogP contribution in [-0.4, -0.2) is 36.7 Å². The lowest BCUT2D eigenvalue weighted by Gasteiger charge is -2.10. The molecule has 0 radical (unpaired) electrons. The molecule has 5 rings (SSSR count). The fourth-order valence-electron chi connectivity index (χ4n) is 3.85. The van der Waals surface area contributed by atoms with E-state index in [0.717, 1.165) is 22.4 Å². The fraction of sp³-hybridized carbons (Fsp3) is 0.200. The van der Waals surface area contributed by atoms with Gasteiger partial charge in [0.05, 0.1) is 12.3 Å². The molecule has 34 heavy (non-hydrogen) atoms. The predicted molar refractivity (Wildman–Crippen MR) is 125 cm³/mol. The van der Waals surface area contributed by atoms with Crippen molar-refractivity contribution in [3.05, 3.63) is 84.2 Å². The van der Waals surface area contributed by atoms with Crippen LogP contribution in [0.2, 0.25) is 0 Å². The molecule has 5 aromatic rings. The molecule has 172 valence electrons. The number of benzene rings is 2. The Balaban J connectivity index is 1.28. The number of nitrogens with one attached hydrogen (secondary N) is 1. The maximum Gasteiger partial charge on any atom is 0.220 e. The Bertz CT molecular complexity index is 1460. The Morgan fingerprint density at radius 3 is 2.74 bits per heavy atom. The van der Waals surface area contributed by atoms with Gasteiger partial charge in [-0.2, -0.15) is 5.10 Å². The summed E-state index contributed by atoms with van der Waals surface area (Å²) in [6.45, 7) is 2.90. The predicted octanol–water partition coefficient (Wildman–Crippen LogP) is 3.83. The van der Waals surface area contributed by atoms with E-state index >= 15 is 0 Å². The van der Waals surface area contributed by atoms with Gasteiger partial charge in [-0.15, -0.1) is 10.2 Å². The van der Waals surface area contributed by atoms with Gasteiger partial charge in [-0.25, -0.2) is 8.91 Å². The van der Waals surface area contributed by atoms with E-state index in [2.05, 4.69) is 20.6 Å². The highest BCUT2D eigenvalue weighted by Gasteiger charge is 2.14. The van der Waals surface area contributed by atoms with E-state index in [1.54, 1.807) is 16.6 Å². The van der Waals surface area contributed by atoms with Crippen molar-refractivity contribution in [3.8, 4) is 17.0 Å². The zero-order valence-corrected chi connectivity index (χ0v) is 18.6. The van der Waals surface area contributed by atoms with Crippen molar-refractivity contribution in [2.24, 2.45) is 0 Å². The van der Waals surface area contributed by atoms with Gasteiger partial charge in [-0.1, -0.05) is 18.2 Å². The fourth-order valence-corrected chi connectivity index (χ4v) is 3.85. The summed E-state index contributed by atoms with van der Waals surface area (Å²) < 4.78 is 22.4. The molecule has 0 saturated carbocycles. The van der Waals surface area contributed by atoms with Crippen LogP contribution in [0.1, 0.15) is 24.7 Å². The number of aryl methyl sites for hydroxylation is 1. The van der Waals surface area contributed by atoms with E-state index in [-0.39, 0.29) is 18.1 Å². The molecule has 0 aliphatic carbocycles. The van der Waals surface area contributed by atoms with Crippen LogP contribution >= 0.6 is 0 Å². The van der Waals surface area contributed by atoms with E-state index < -0.39 is 0 Å². The molecule has 0 aliphatic rings. The van der Waals surface area contributed by atoms with E-state index in [4.69, 9.17) is 4.74 Å². The van der Waals surface area contributed by atoms with E-state index in [1.165, 1.54) is 12.1 Å². The van der Waals surface area contributed by atoms with Gasteiger partial charge in [0, 0.05) is 42.9 Å². The topological polar surface area (TPSA) is 85.8 Å². The molecule has 0 spiro atoms. The highest BCUT2D eigenvalue weighted by molar-refractivity contribution is 5.77. The average molecular weight is 458 g/mol. The van der Waals surface area contributed by atoms with Gasteiger partial charge < -0.3 is 10.1 Å².